The van der Waals surface area contributed by atoms with Gasteiger partial charge in [0.05, 0.1) is 0 Å². The summed E-state index contributed by atoms with van der Waals surface area (Å²) >= 11 is 0. The van der Waals surface area contributed by atoms with E-state index in [9.17, 15) is 9.59 Å². The predicted molar refractivity (Wildman–Crippen MR) is 98.6 cm³/mol. The molecule has 2 atom stereocenters. The van der Waals surface area contributed by atoms with Gasteiger partial charge in [-0.3, -0.25) is 14.9 Å². The quantitative estimate of drug-likeness (QED) is 0.869. The zero-order valence-corrected chi connectivity index (χ0v) is 14.3. The van der Waals surface area contributed by atoms with Crippen LogP contribution < -0.4 is 5.32 Å². The van der Waals surface area contributed by atoms with Gasteiger partial charge >= 0.3 is 0 Å². The second-order valence-corrected chi connectivity index (χ2v) is 8.12. The van der Waals surface area contributed by atoms with E-state index in [2.05, 4.69) is 39.0 Å². The van der Waals surface area contributed by atoms with Gasteiger partial charge in [-0.15, -0.1) is 0 Å². The van der Waals surface area contributed by atoms with Crippen LogP contribution in [0.25, 0.3) is 10.9 Å². The molecule has 0 radical (unpaired) electrons. The highest BCUT2D eigenvalue weighted by molar-refractivity contribution is 8.28. The molecule has 6 heteroatoms. The lowest BCUT2D eigenvalue weighted by atomic mass is 10.1. The van der Waals surface area contributed by atoms with Crippen LogP contribution in [-0.4, -0.2) is 46.1 Å². The van der Waals surface area contributed by atoms with Crippen molar-refractivity contribution in [3.05, 3.63) is 36.0 Å². The second kappa shape index (κ2) is 6.18. The Morgan fingerprint density at radius 1 is 1.17 bits per heavy atom. The first-order chi connectivity index (χ1) is 11.6. The molecule has 0 aliphatic carbocycles. The fourth-order valence-corrected chi connectivity index (χ4v) is 4.96. The van der Waals surface area contributed by atoms with Gasteiger partial charge in [-0.1, -0.05) is 28.5 Å². The Hall–Kier alpha value is -1.92. The van der Waals surface area contributed by atoms with Crippen molar-refractivity contribution < 1.29 is 9.59 Å². The molecule has 2 saturated heterocycles. The minimum absolute atomic E-state index is 0.226. The summed E-state index contributed by atoms with van der Waals surface area (Å²) in [6.45, 7) is 4.38. The highest BCUT2D eigenvalue weighted by Crippen LogP contribution is 2.42. The lowest BCUT2D eigenvalue weighted by Gasteiger charge is -2.16. The van der Waals surface area contributed by atoms with Gasteiger partial charge in [-0.05, 0) is 43.6 Å². The number of amides is 2. The molecule has 2 aromatic rings. The summed E-state index contributed by atoms with van der Waals surface area (Å²) in [5, 5.41) is 2.74. The standard InChI is InChI=1S/C18H21N3O2S/c1-24-16(17(22)19-18(24)23)14-5-4-6-15-13(14)7-10-21(15)12-11-20-8-2-3-9-20/h4-7,10,16H,1-3,8-9,11-12H2,(H,19,22,23). The van der Waals surface area contributed by atoms with E-state index in [-0.39, 0.29) is 11.1 Å². The summed E-state index contributed by atoms with van der Waals surface area (Å²) in [7, 11) is -0.856. The van der Waals surface area contributed by atoms with Gasteiger partial charge in [0.1, 0.15) is 5.25 Å². The Labute approximate surface area is 143 Å². The first-order valence-electron chi connectivity index (χ1n) is 8.33. The van der Waals surface area contributed by atoms with Crippen molar-refractivity contribution in [2.24, 2.45) is 0 Å². The number of imide groups is 1. The van der Waals surface area contributed by atoms with Crippen LogP contribution in [0, 0.1) is 0 Å². The minimum atomic E-state index is -0.856. The van der Waals surface area contributed by atoms with Crippen molar-refractivity contribution in [3.63, 3.8) is 0 Å². The van der Waals surface area contributed by atoms with Crippen LogP contribution in [-0.2, 0) is 11.3 Å². The highest BCUT2D eigenvalue weighted by Gasteiger charge is 2.36. The Balaban J connectivity index is 1.65. The van der Waals surface area contributed by atoms with E-state index in [4.69, 9.17) is 0 Å². The number of nitrogens with one attached hydrogen (secondary N) is 1. The van der Waals surface area contributed by atoms with Gasteiger partial charge in [0.25, 0.3) is 5.24 Å². The lowest BCUT2D eigenvalue weighted by Crippen LogP contribution is -2.23. The molecule has 1 N–H and O–H groups in total. The largest absolute Gasteiger partial charge is 0.346 e. The predicted octanol–water partition coefficient (Wildman–Crippen LogP) is 2.73. The van der Waals surface area contributed by atoms with Gasteiger partial charge in [0.15, 0.2) is 0 Å². The van der Waals surface area contributed by atoms with Crippen molar-refractivity contribution in [3.8, 4) is 0 Å². The zero-order valence-electron chi connectivity index (χ0n) is 13.5. The fourth-order valence-electron chi connectivity index (χ4n) is 3.69. The molecular formula is C18H21N3O2S. The Kier molecular flexibility index (Phi) is 4.02. The molecule has 2 aliphatic heterocycles. The van der Waals surface area contributed by atoms with E-state index in [1.807, 2.05) is 12.1 Å². The molecule has 24 heavy (non-hydrogen) atoms. The maximum Gasteiger partial charge on any atom is 0.280 e. The number of carbonyl (C=O) groups excluding carboxylic acids is 2. The molecule has 0 bridgehead atoms. The summed E-state index contributed by atoms with van der Waals surface area (Å²) in [6.07, 6.45) is 4.68. The molecule has 2 unspecified atom stereocenters. The van der Waals surface area contributed by atoms with Crippen LogP contribution in [0.15, 0.2) is 30.5 Å². The van der Waals surface area contributed by atoms with Gasteiger partial charge in [-0.25, -0.2) is 0 Å². The first-order valence-corrected chi connectivity index (χ1v) is 9.78. The summed E-state index contributed by atoms with van der Waals surface area (Å²) in [4.78, 5) is 26.4. The highest BCUT2D eigenvalue weighted by atomic mass is 32.2. The third kappa shape index (κ3) is 2.59. The van der Waals surface area contributed by atoms with E-state index in [1.165, 1.54) is 25.9 Å². The molecule has 1 aromatic carbocycles. The van der Waals surface area contributed by atoms with E-state index < -0.39 is 15.7 Å². The van der Waals surface area contributed by atoms with Crippen molar-refractivity contribution in [2.45, 2.75) is 24.6 Å². The van der Waals surface area contributed by atoms with Crippen LogP contribution >= 0.6 is 10.5 Å². The fraction of sp³-hybridized carbons (Fsp3) is 0.389. The number of likely N-dealkylation sites (tertiary alicyclic amines) is 1. The van der Waals surface area contributed by atoms with Gasteiger partial charge in [0.2, 0.25) is 5.91 Å². The van der Waals surface area contributed by atoms with Crippen LogP contribution in [0.1, 0.15) is 23.7 Å². The number of fused-ring (bicyclic) bond motifs is 1. The summed E-state index contributed by atoms with van der Waals surface area (Å²) in [5.74, 6) is 3.68. The van der Waals surface area contributed by atoms with Gasteiger partial charge < -0.3 is 9.47 Å². The third-order valence-electron chi connectivity index (χ3n) is 4.97. The van der Waals surface area contributed by atoms with Crippen molar-refractivity contribution in [1.29, 1.82) is 0 Å². The van der Waals surface area contributed by atoms with E-state index in [0.717, 1.165) is 29.6 Å². The number of aromatic nitrogens is 1. The maximum absolute atomic E-state index is 12.2. The van der Waals surface area contributed by atoms with Crippen LogP contribution in [0.3, 0.4) is 0 Å². The van der Waals surface area contributed by atoms with E-state index in [1.54, 1.807) is 0 Å². The maximum atomic E-state index is 12.2. The number of carbonyl (C=O) groups is 2. The van der Waals surface area contributed by atoms with Gasteiger partial charge in [-0.2, -0.15) is 0 Å². The number of hydrogen-bond acceptors (Lipinski definition) is 3. The molecule has 126 valence electrons. The van der Waals surface area contributed by atoms with Crippen molar-refractivity contribution >= 4 is 38.4 Å². The molecule has 0 spiro atoms. The topological polar surface area (TPSA) is 54.3 Å². The molecule has 0 saturated carbocycles. The SMILES string of the molecule is C=S1C(=O)NC(=O)C1c1cccc2c1ccn2CCN1CCCC1. The number of nitrogens with zero attached hydrogens (tertiary/aromatic N) is 2. The summed E-state index contributed by atoms with van der Waals surface area (Å²) in [5.41, 5.74) is 2.03. The molecule has 1 aromatic heterocycles. The van der Waals surface area contributed by atoms with E-state index >= 15 is 0 Å². The van der Waals surface area contributed by atoms with Crippen LogP contribution in [0.4, 0.5) is 4.79 Å². The molecule has 4 rings (SSSR count). The monoisotopic (exact) mass is 343 g/mol. The lowest BCUT2D eigenvalue weighted by molar-refractivity contribution is -0.119. The Morgan fingerprint density at radius 3 is 2.67 bits per heavy atom. The van der Waals surface area contributed by atoms with Crippen molar-refractivity contribution in [1.82, 2.24) is 14.8 Å². The summed E-state index contributed by atoms with van der Waals surface area (Å²) in [6, 6.07) is 8.05. The minimum Gasteiger partial charge on any atom is -0.346 e. The van der Waals surface area contributed by atoms with Crippen LogP contribution in [0.2, 0.25) is 0 Å². The molecule has 5 nitrogen and oxygen atoms in total. The molecule has 2 fully saturated rings. The Morgan fingerprint density at radius 2 is 1.96 bits per heavy atom. The number of hydrogen-bond donors (Lipinski definition) is 1. The number of benzene rings is 1. The molecule has 2 amide bonds. The molecule has 3 heterocycles. The van der Waals surface area contributed by atoms with E-state index in [0.29, 0.717) is 0 Å². The molecular weight excluding hydrogens is 322 g/mol. The first kappa shape index (κ1) is 15.6. The normalized spacial score (nSPS) is 24.8. The number of rotatable bonds is 4. The van der Waals surface area contributed by atoms with Gasteiger partial charge in [0, 0.05) is 30.2 Å². The van der Waals surface area contributed by atoms with Crippen LogP contribution in [0.5, 0.6) is 0 Å². The average molecular weight is 343 g/mol. The smallest absolute Gasteiger partial charge is 0.280 e. The second-order valence-electron chi connectivity index (χ2n) is 6.42. The summed E-state index contributed by atoms with van der Waals surface area (Å²) < 4.78 is 2.24. The molecule has 2 aliphatic rings. The van der Waals surface area contributed by atoms with Crippen molar-refractivity contribution in [2.75, 3.05) is 19.6 Å². The average Bonchev–Trinajstić information content (AvgIpc) is 3.27. The zero-order chi connectivity index (χ0) is 16.7. The Bertz CT molecular complexity index is 836. The third-order valence-corrected chi connectivity index (χ3v) is 6.59.